The molecule has 2 aliphatic heterocycles. The number of anilines is 3. The van der Waals surface area contributed by atoms with Crippen molar-refractivity contribution in [2.45, 2.75) is 31.3 Å². The lowest BCUT2D eigenvalue weighted by atomic mass is 10.1. The maximum absolute atomic E-state index is 13.2. The van der Waals surface area contributed by atoms with Gasteiger partial charge in [0.25, 0.3) is 11.5 Å². The quantitative estimate of drug-likeness (QED) is 0.818. The molecule has 0 aromatic carbocycles. The van der Waals surface area contributed by atoms with Crippen molar-refractivity contribution in [1.29, 1.82) is 0 Å². The minimum Gasteiger partial charge on any atom is -0.366 e. The van der Waals surface area contributed by atoms with Crippen LogP contribution in [0.4, 0.5) is 22.0 Å². The summed E-state index contributed by atoms with van der Waals surface area (Å²) in [6, 6.07) is 6.62. The Bertz CT molecular complexity index is 1060. The average Bonchev–Trinajstić information content (AvgIpc) is 3.43. The minimum atomic E-state index is -0.409. The SMILES string of the molecule is Cn1cccc(NC(=O)N2c3nc(C(=O)NC4CC4)ccc3N3CCC2C3)c1=O. The fourth-order valence-electron chi connectivity index (χ4n) is 3.95. The summed E-state index contributed by atoms with van der Waals surface area (Å²) in [5.41, 5.74) is 1.06. The largest absolute Gasteiger partial charge is 0.366 e. The Morgan fingerprint density at radius 3 is 2.79 bits per heavy atom. The third kappa shape index (κ3) is 3.12. The number of aromatic nitrogens is 2. The van der Waals surface area contributed by atoms with Gasteiger partial charge in [-0.25, -0.2) is 9.78 Å². The fourth-order valence-corrected chi connectivity index (χ4v) is 3.95. The number of carbonyl (C=O) groups is 2. The number of amides is 3. The molecule has 3 amide bonds. The second-order valence-corrected chi connectivity index (χ2v) is 7.81. The Hall–Kier alpha value is -3.36. The molecule has 1 saturated heterocycles. The van der Waals surface area contributed by atoms with Crippen LogP contribution < -0.4 is 26.0 Å². The van der Waals surface area contributed by atoms with Gasteiger partial charge in [-0.3, -0.25) is 14.5 Å². The van der Waals surface area contributed by atoms with E-state index < -0.39 is 6.03 Å². The van der Waals surface area contributed by atoms with Crippen LogP contribution in [0, 0.1) is 0 Å². The summed E-state index contributed by atoms with van der Waals surface area (Å²) in [7, 11) is 1.63. The molecule has 1 saturated carbocycles. The molecule has 1 aliphatic carbocycles. The van der Waals surface area contributed by atoms with Gasteiger partial charge >= 0.3 is 6.03 Å². The van der Waals surface area contributed by atoms with Gasteiger partial charge in [0.1, 0.15) is 11.4 Å². The van der Waals surface area contributed by atoms with Gasteiger partial charge < -0.3 is 20.1 Å². The van der Waals surface area contributed by atoms with Crippen molar-refractivity contribution in [1.82, 2.24) is 14.9 Å². The van der Waals surface area contributed by atoms with Gasteiger partial charge in [0.15, 0.2) is 5.82 Å². The van der Waals surface area contributed by atoms with E-state index in [2.05, 4.69) is 20.5 Å². The van der Waals surface area contributed by atoms with E-state index in [1.54, 1.807) is 36.3 Å². The predicted octanol–water partition coefficient (Wildman–Crippen LogP) is 1.30. The van der Waals surface area contributed by atoms with Crippen LogP contribution in [-0.2, 0) is 7.05 Å². The van der Waals surface area contributed by atoms with Crippen molar-refractivity contribution in [3.8, 4) is 0 Å². The maximum atomic E-state index is 13.2. The number of aryl methyl sites for hydroxylation is 1. The minimum absolute atomic E-state index is 0.0516. The molecule has 9 heteroatoms. The highest BCUT2D eigenvalue weighted by molar-refractivity contribution is 6.05. The third-order valence-electron chi connectivity index (χ3n) is 5.68. The number of hydrogen-bond donors (Lipinski definition) is 2. The monoisotopic (exact) mass is 394 g/mol. The van der Waals surface area contributed by atoms with Crippen molar-refractivity contribution in [2.24, 2.45) is 7.05 Å². The first-order valence-corrected chi connectivity index (χ1v) is 9.84. The molecule has 150 valence electrons. The van der Waals surface area contributed by atoms with E-state index >= 15 is 0 Å². The summed E-state index contributed by atoms with van der Waals surface area (Å²) in [5.74, 6) is 0.243. The van der Waals surface area contributed by atoms with Gasteiger partial charge in [-0.15, -0.1) is 0 Å². The van der Waals surface area contributed by atoms with Gasteiger partial charge in [0.2, 0.25) is 0 Å². The highest BCUT2D eigenvalue weighted by atomic mass is 16.2. The van der Waals surface area contributed by atoms with Gasteiger partial charge in [-0.1, -0.05) is 0 Å². The van der Waals surface area contributed by atoms with E-state index in [-0.39, 0.29) is 29.2 Å². The molecule has 3 aliphatic rings. The highest BCUT2D eigenvalue weighted by Gasteiger charge is 2.40. The molecule has 4 heterocycles. The van der Waals surface area contributed by atoms with E-state index in [0.717, 1.165) is 31.5 Å². The molecule has 5 rings (SSSR count). The van der Waals surface area contributed by atoms with Crippen LogP contribution in [0.15, 0.2) is 35.3 Å². The molecule has 9 nitrogen and oxygen atoms in total. The second-order valence-electron chi connectivity index (χ2n) is 7.81. The molecular weight excluding hydrogens is 372 g/mol. The topological polar surface area (TPSA) is 99.6 Å². The number of hydrogen-bond acceptors (Lipinski definition) is 5. The smallest absolute Gasteiger partial charge is 0.328 e. The summed E-state index contributed by atoms with van der Waals surface area (Å²) in [5, 5.41) is 5.66. The average molecular weight is 394 g/mol. The van der Waals surface area contributed by atoms with Crippen molar-refractivity contribution < 1.29 is 9.59 Å². The zero-order valence-electron chi connectivity index (χ0n) is 16.1. The van der Waals surface area contributed by atoms with Crippen LogP contribution >= 0.6 is 0 Å². The Morgan fingerprint density at radius 2 is 2.00 bits per heavy atom. The third-order valence-corrected chi connectivity index (χ3v) is 5.68. The van der Waals surface area contributed by atoms with Gasteiger partial charge in [0.05, 0.1) is 11.7 Å². The van der Waals surface area contributed by atoms with E-state index in [4.69, 9.17) is 0 Å². The standard InChI is InChI=1S/C20H22N6O3/c1-24-9-2-3-15(19(24)28)23-20(29)26-13-8-10-25(11-13)16-7-6-14(22-17(16)26)18(27)21-12-4-5-12/h2-3,6-7,9,12-13H,4-5,8,10-11H2,1H3,(H,21,27)(H,23,29). The fraction of sp³-hybridized carbons (Fsp3) is 0.400. The van der Waals surface area contributed by atoms with Crippen LogP contribution in [0.5, 0.6) is 0 Å². The number of urea groups is 1. The molecule has 29 heavy (non-hydrogen) atoms. The molecule has 2 fully saturated rings. The molecule has 2 bridgehead atoms. The summed E-state index contributed by atoms with van der Waals surface area (Å²) in [6.45, 7) is 1.53. The Morgan fingerprint density at radius 1 is 1.17 bits per heavy atom. The van der Waals surface area contributed by atoms with Crippen LogP contribution in [0.25, 0.3) is 0 Å². The van der Waals surface area contributed by atoms with Crippen LogP contribution in [0.3, 0.4) is 0 Å². The Kier molecular flexibility index (Phi) is 4.04. The first kappa shape index (κ1) is 17.7. The Labute approximate surface area is 167 Å². The molecular formula is C20H22N6O3. The lowest BCUT2D eigenvalue weighted by Gasteiger charge is -2.35. The zero-order chi connectivity index (χ0) is 20.1. The summed E-state index contributed by atoms with van der Waals surface area (Å²) < 4.78 is 1.41. The molecule has 0 radical (unpaired) electrons. The van der Waals surface area contributed by atoms with Crippen LogP contribution in [0.2, 0.25) is 0 Å². The maximum Gasteiger partial charge on any atom is 0.328 e. The first-order chi connectivity index (χ1) is 14.0. The summed E-state index contributed by atoms with van der Waals surface area (Å²) in [4.78, 5) is 46.2. The van der Waals surface area contributed by atoms with E-state index in [0.29, 0.717) is 18.1 Å². The normalized spacial score (nSPS) is 19.7. The molecule has 1 atom stereocenters. The predicted molar refractivity (Wildman–Crippen MR) is 109 cm³/mol. The number of carbonyl (C=O) groups excluding carboxylic acids is 2. The molecule has 0 spiro atoms. The van der Waals surface area contributed by atoms with E-state index in [1.807, 2.05) is 6.07 Å². The lowest BCUT2D eigenvalue weighted by molar-refractivity contribution is 0.0946. The van der Waals surface area contributed by atoms with E-state index in [1.165, 1.54) is 4.57 Å². The van der Waals surface area contributed by atoms with Crippen LogP contribution in [0.1, 0.15) is 29.8 Å². The molecule has 2 N–H and O–H groups in total. The second kappa shape index (κ2) is 6.61. The molecule has 2 aromatic heterocycles. The number of pyridine rings is 2. The summed E-state index contributed by atoms with van der Waals surface area (Å²) in [6.07, 6.45) is 4.43. The Balaban J connectivity index is 1.48. The molecule has 2 aromatic rings. The van der Waals surface area contributed by atoms with Gasteiger partial charge in [0, 0.05) is 32.4 Å². The van der Waals surface area contributed by atoms with Crippen molar-refractivity contribution in [2.75, 3.05) is 28.2 Å². The van der Waals surface area contributed by atoms with Crippen molar-refractivity contribution in [3.63, 3.8) is 0 Å². The van der Waals surface area contributed by atoms with Crippen molar-refractivity contribution >= 4 is 29.1 Å². The number of nitrogens with one attached hydrogen (secondary N) is 2. The number of nitrogens with zero attached hydrogens (tertiary/aromatic N) is 4. The van der Waals surface area contributed by atoms with Crippen LogP contribution in [-0.4, -0.2) is 46.7 Å². The van der Waals surface area contributed by atoms with Gasteiger partial charge in [-0.2, -0.15) is 0 Å². The van der Waals surface area contributed by atoms with Crippen molar-refractivity contribution in [3.05, 3.63) is 46.5 Å². The van der Waals surface area contributed by atoms with Gasteiger partial charge in [-0.05, 0) is 43.5 Å². The van der Waals surface area contributed by atoms with E-state index in [9.17, 15) is 14.4 Å². The lowest BCUT2D eigenvalue weighted by Crippen LogP contribution is -2.49. The zero-order valence-corrected chi connectivity index (χ0v) is 16.1. The first-order valence-electron chi connectivity index (χ1n) is 9.84. The molecule has 1 unspecified atom stereocenters. The summed E-state index contributed by atoms with van der Waals surface area (Å²) >= 11 is 0. The highest BCUT2D eigenvalue weighted by Crippen LogP contribution is 2.39. The number of fused-ring (bicyclic) bond motifs is 4. The number of rotatable bonds is 3.